The number of hydrogen-bond donors (Lipinski definition) is 2. The Labute approximate surface area is 248 Å². The summed E-state index contributed by atoms with van der Waals surface area (Å²) in [5.41, 5.74) is -0.206. The van der Waals surface area contributed by atoms with Crippen LogP contribution in [-0.4, -0.2) is 50.3 Å². The van der Waals surface area contributed by atoms with E-state index in [0.29, 0.717) is 59.1 Å². The summed E-state index contributed by atoms with van der Waals surface area (Å²) >= 11 is -0.161. The second-order valence-electron chi connectivity index (χ2n) is 9.43. The third-order valence-electron chi connectivity index (χ3n) is 6.40. The molecule has 2 N–H and O–H groups in total. The summed E-state index contributed by atoms with van der Waals surface area (Å²) in [6, 6.07) is 20.7. The first kappa shape index (κ1) is 28.4. The lowest BCUT2D eigenvalue weighted by atomic mass is 10.3. The molecule has 0 bridgehead atoms. The number of alkyl halides is 3. The van der Waals surface area contributed by atoms with Gasteiger partial charge in [-0.05, 0) is 60.3 Å². The topological polar surface area (TPSA) is 99.1 Å². The molecule has 0 aliphatic carbocycles. The third kappa shape index (κ3) is 6.68. The zero-order valence-corrected chi connectivity index (χ0v) is 23.8. The van der Waals surface area contributed by atoms with Gasteiger partial charge in [0.1, 0.15) is 29.5 Å². The molecule has 6 aromatic rings. The van der Waals surface area contributed by atoms with Crippen molar-refractivity contribution in [3.05, 3.63) is 79.0 Å². The van der Waals surface area contributed by atoms with E-state index in [1.54, 1.807) is 43.6 Å². The molecule has 0 radical (unpaired) electrons. The largest absolute Gasteiger partial charge is 0.491 e. The number of aryl methyl sites for hydroxylation is 1. The molecule has 9 nitrogen and oxygen atoms in total. The second kappa shape index (κ2) is 11.9. The fourth-order valence-corrected chi connectivity index (χ4v) is 5.04. The number of imidazole rings is 2. The van der Waals surface area contributed by atoms with Gasteiger partial charge >= 0.3 is 5.51 Å². The van der Waals surface area contributed by atoms with Crippen molar-refractivity contribution in [3.8, 4) is 28.8 Å². The van der Waals surface area contributed by atoms with Crippen LogP contribution in [0.3, 0.4) is 0 Å². The molecule has 0 amide bonds. The second-order valence-corrected chi connectivity index (χ2v) is 10.6. The minimum Gasteiger partial charge on any atom is -0.491 e. The predicted octanol–water partition coefficient (Wildman–Crippen LogP) is 7.68. The molecule has 6 rings (SSSR count). The Morgan fingerprint density at radius 3 is 2.58 bits per heavy atom. The number of H-pyrrole nitrogens is 1. The number of aromatic nitrogens is 5. The smallest absolute Gasteiger partial charge is 0.446 e. The first-order chi connectivity index (χ1) is 20.7. The van der Waals surface area contributed by atoms with Crippen LogP contribution in [0.15, 0.2) is 83.9 Å². The zero-order chi connectivity index (χ0) is 30.0. The van der Waals surface area contributed by atoms with Gasteiger partial charge in [-0.25, -0.2) is 9.97 Å². The molecule has 3 heterocycles. The Morgan fingerprint density at radius 1 is 0.907 bits per heavy atom. The maximum absolute atomic E-state index is 12.8. The summed E-state index contributed by atoms with van der Waals surface area (Å²) in [6.45, 7) is 0.945. The van der Waals surface area contributed by atoms with Gasteiger partial charge < -0.3 is 29.1 Å². The van der Waals surface area contributed by atoms with Gasteiger partial charge in [-0.3, -0.25) is 4.98 Å². The number of benzene rings is 3. The van der Waals surface area contributed by atoms with Gasteiger partial charge in [-0.2, -0.15) is 13.2 Å². The lowest BCUT2D eigenvalue weighted by Crippen LogP contribution is -2.03. The van der Waals surface area contributed by atoms with E-state index in [9.17, 15) is 13.2 Å². The highest BCUT2D eigenvalue weighted by Gasteiger charge is 2.29. The maximum atomic E-state index is 12.8. The van der Waals surface area contributed by atoms with E-state index in [1.165, 1.54) is 12.1 Å². The van der Waals surface area contributed by atoms with Crippen LogP contribution in [0.4, 0.5) is 24.8 Å². The summed E-state index contributed by atoms with van der Waals surface area (Å²) in [5, 5.41) is 3.11. The summed E-state index contributed by atoms with van der Waals surface area (Å²) in [7, 11) is 3.45. The third-order valence-corrected chi connectivity index (χ3v) is 7.12. The summed E-state index contributed by atoms with van der Waals surface area (Å²) in [5.74, 6) is 2.89. The fraction of sp³-hybridized carbons (Fsp3) is 0.167. The number of halogens is 3. The number of anilines is 2. The highest BCUT2D eigenvalue weighted by atomic mass is 32.2. The molecule has 13 heteroatoms. The Bertz CT molecular complexity index is 1910. The van der Waals surface area contributed by atoms with Crippen LogP contribution in [0, 0.1) is 0 Å². The Kier molecular flexibility index (Phi) is 7.82. The number of thioether (sulfide) groups is 1. The van der Waals surface area contributed by atoms with Crippen molar-refractivity contribution in [2.45, 2.75) is 10.4 Å². The van der Waals surface area contributed by atoms with Crippen molar-refractivity contribution < 1.29 is 27.4 Å². The molecule has 0 saturated heterocycles. The average molecular weight is 607 g/mol. The minimum absolute atomic E-state index is 0.0861. The first-order valence-electron chi connectivity index (χ1n) is 13.1. The van der Waals surface area contributed by atoms with E-state index in [1.807, 2.05) is 41.9 Å². The number of hydrogen-bond acceptors (Lipinski definition) is 8. The number of ether oxygens (including phenoxy) is 3. The number of aromatic amines is 1. The van der Waals surface area contributed by atoms with Crippen molar-refractivity contribution in [2.24, 2.45) is 7.05 Å². The van der Waals surface area contributed by atoms with Crippen LogP contribution in [0.25, 0.3) is 33.6 Å². The molecule has 3 aromatic heterocycles. The summed E-state index contributed by atoms with van der Waals surface area (Å²) in [4.78, 5) is 17.1. The lowest BCUT2D eigenvalue weighted by Gasteiger charge is -2.09. The van der Waals surface area contributed by atoms with Crippen molar-refractivity contribution in [2.75, 3.05) is 25.6 Å². The lowest BCUT2D eigenvalue weighted by molar-refractivity contribution is -0.0328. The van der Waals surface area contributed by atoms with E-state index in [-0.39, 0.29) is 16.7 Å². The highest BCUT2D eigenvalue weighted by Crippen LogP contribution is 2.38. The van der Waals surface area contributed by atoms with Crippen molar-refractivity contribution in [1.29, 1.82) is 0 Å². The van der Waals surface area contributed by atoms with E-state index in [0.717, 1.165) is 16.6 Å². The van der Waals surface area contributed by atoms with Gasteiger partial charge in [-0.1, -0.05) is 6.07 Å². The number of methoxy groups -OCH3 is 1. The Balaban J connectivity index is 1.19. The first-order valence-corrected chi connectivity index (χ1v) is 13.9. The zero-order valence-electron chi connectivity index (χ0n) is 23.0. The van der Waals surface area contributed by atoms with Crippen LogP contribution in [0.5, 0.6) is 17.2 Å². The molecule has 0 aliphatic heterocycles. The molecule has 0 spiro atoms. The van der Waals surface area contributed by atoms with Crippen LogP contribution in [0.1, 0.15) is 0 Å². The molecule has 0 fully saturated rings. The van der Waals surface area contributed by atoms with Gasteiger partial charge in [0, 0.05) is 49.1 Å². The van der Waals surface area contributed by atoms with Crippen molar-refractivity contribution in [1.82, 2.24) is 24.5 Å². The van der Waals surface area contributed by atoms with E-state index >= 15 is 0 Å². The molecule has 0 aliphatic rings. The predicted molar refractivity (Wildman–Crippen MR) is 159 cm³/mol. The molecule has 43 heavy (non-hydrogen) atoms. The monoisotopic (exact) mass is 606 g/mol. The maximum Gasteiger partial charge on any atom is 0.446 e. The highest BCUT2D eigenvalue weighted by molar-refractivity contribution is 8.00. The molecule has 220 valence electrons. The van der Waals surface area contributed by atoms with E-state index < -0.39 is 5.51 Å². The quantitative estimate of drug-likeness (QED) is 0.121. The Morgan fingerprint density at radius 2 is 1.74 bits per heavy atom. The standard InChI is InChI=1S/C30H25F3N6O3S/c1-39-27-9-7-20(16-25(27)38-29(39)35-18-4-3-5-22(14-18)43-30(31,32)33)42-21-10-11-34-26(17-21)28-36-23-8-6-19(15-24(23)37-28)41-13-12-40-2/h3-11,14-17H,12-13H2,1-2H3,(H,35,38)(H,36,37). The summed E-state index contributed by atoms with van der Waals surface area (Å²) < 4.78 is 57.1. The van der Waals surface area contributed by atoms with Crippen LogP contribution in [-0.2, 0) is 11.8 Å². The van der Waals surface area contributed by atoms with Gasteiger partial charge in [-0.15, -0.1) is 0 Å². The Hall–Kier alpha value is -4.75. The van der Waals surface area contributed by atoms with E-state index in [2.05, 4.69) is 25.3 Å². The van der Waals surface area contributed by atoms with Crippen molar-refractivity contribution >= 4 is 45.5 Å². The minimum atomic E-state index is -4.36. The molecule has 0 saturated carbocycles. The molecule has 3 aromatic carbocycles. The average Bonchev–Trinajstić information content (AvgIpc) is 3.53. The number of nitrogens with zero attached hydrogens (tertiary/aromatic N) is 4. The molecular formula is C30H25F3N6O3S. The van der Waals surface area contributed by atoms with Gasteiger partial charge in [0.05, 0.1) is 28.7 Å². The fourth-order valence-electron chi connectivity index (χ4n) is 4.44. The van der Waals surface area contributed by atoms with Crippen LogP contribution >= 0.6 is 11.8 Å². The number of pyridine rings is 1. The summed E-state index contributed by atoms with van der Waals surface area (Å²) in [6.07, 6.45) is 1.64. The van der Waals surface area contributed by atoms with Gasteiger partial charge in [0.25, 0.3) is 0 Å². The van der Waals surface area contributed by atoms with Gasteiger partial charge in [0.2, 0.25) is 5.95 Å². The normalized spacial score (nSPS) is 11.7. The number of fused-ring (bicyclic) bond motifs is 2. The number of nitrogens with one attached hydrogen (secondary N) is 2. The molecule has 0 unspecified atom stereocenters. The van der Waals surface area contributed by atoms with Gasteiger partial charge in [0.15, 0.2) is 5.82 Å². The molecule has 0 atom stereocenters. The van der Waals surface area contributed by atoms with E-state index in [4.69, 9.17) is 14.2 Å². The van der Waals surface area contributed by atoms with Crippen LogP contribution in [0.2, 0.25) is 0 Å². The number of rotatable bonds is 10. The SMILES string of the molecule is COCCOc1ccc2nc(-c3cc(Oc4ccc5c(c4)nc(Nc4cccc(SC(F)(F)F)c4)n5C)ccn3)[nH]c2c1. The van der Waals surface area contributed by atoms with Crippen molar-refractivity contribution in [3.63, 3.8) is 0 Å². The van der Waals surface area contributed by atoms with Crippen LogP contribution < -0.4 is 14.8 Å². The molecular weight excluding hydrogens is 581 g/mol.